The minimum absolute atomic E-state index is 0.175. The van der Waals surface area contributed by atoms with Gasteiger partial charge < -0.3 is 5.32 Å². The summed E-state index contributed by atoms with van der Waals surface area (Å²) >= 11 is 5.22. The Morgan fingerprint density at radius 2 is 2.00 bits per heavy atom. The van der Waals surface area contributed by atoms with Crippen LogP contribution in [-0.2, 0) is 0 Å². The Labute approximate surface area is 79.1 Å². The third kappa shape index (κ3) is 1.36. The molecule has 1 saturated carbocycles. The fourth-order valence-corrected chi connectivity index (χ4v) is 2.54. The van der Waals surface area contributed by atoms with Crippen molar-refractivity contribution in [3.63, 3.8) is 0 Å². The molecule has 1 unspecified atom stereocenters. The van der Waals surface area contributed by atoms with Gasteiger partial charge in [0.05, 0.1) is 16.7 Å². The molecule has 0 bridgehead atoms. The van der Waals surface area contributed by atoms with Crippen molar-refractivity contribution in [3.8, 4) is 0 Å². The van der Waals surface area contributed by atoms with Gasteiger partial charge in [-0.2, -0.15) is 0 Å². The van der Waals surface area contributed by atoms with Gasteiger partial charge in [-0.05, 0) is 32.6 Å². The highest BCUT2D eigenvalue weighted by molar-refractivity contribution is 7.80. The molecular formula is C9H16N2S. The molecule has 0 radical (unpaired) electrons. The van der Waals surface area contributed by atoms with Gasteiger partial charge >= 0.3 is 0 Å². The van der Waals surface area contributed by atoms with E-state index in [-0.39, 0.29) is 5.66 Å². The number of hydrogen-bond acceptors (Lipinski definition) is 2. The van der Waals surface area contributed by atoms with Crippen molar-refractivity contribution in [2.24, 2.45) is 0 Å². The van der Waals surface area contributed by atoms with E-state index >= 15 is 0 Å². The Morgan fingerprint density at radius 3 is 2.50 bits per heavy atom. The fraction of sp³-hybridized carbons (Fsp3) is 0.889. The molecule has 1 atom stereocenters. The van der Waals surface area contributed by atoms with Gasteiger partial charge in [0.15, 0.2) is 0 Å². The molecule has 1 saturated heterocycles. The summed E-state index contributed by atoms with van der Waals surface area (Å²) in [6.07, 6.45) is 6.51. The zero-order valence-corrected chi connectivity index (χ0v) is 8.34. The monoisotopic (exact) mass is 184 g/mol. The van der Waals surface area contributed by atoms with Crippen LogP contribution in [0.5, 0.6) is 0 Å². The highest BCUT2D eigenvalue weighted by Gasteiger charge is 2.39. The van der Waals surface area contributed by atoms with Crippen LogP contribution in [0.2, 0.25) is 0 Å². The van der Waals surface area contributed by atoms with Crippen LogP contribution in [0.25, 0.3) is 0 Å². The molecule has 0 aromatic rings. The highest BCUT2D eigenvalue weighted by atomic mass is 32.1. The maximum absolute atomic E-state index is 5.22. The molecule has 0 amide bonds. The largest absolute Gasteiger partial charge is 0.360 e. The van der Waals surface area contributed by atoms with Crippen molar-refractivity contribution in [2.75, 3.05) is 0 Å². The average molecular weight is 184 g/mol. The Balaban J connectivity index is 2.07. The molecule has 1 aliphatic heterocycles. The first kappa shape index (κ1) is 8.45. The summed E-state index contributed by atoms with van der Waals surface area (Å²) in [5.41, 5.74) is 0.175. The van der Waals surface area contributed by atoms with Crippen LogP contribution in [0.1, 0.15) is 39.0 Å². The lowest BCUT2D eigenvalue weighted by Gasteiger charge is -2.34. The Hall–Kier alpha value is -0.150. The van der Waals surface area contributed by atoms with Crippen LogP contribution in [-0.4, -0.2) is 16.7 Å². The normalized spacial score (nSPS) is 33.8. The van der Waals surface area contributed by atoms with E-state index in [1.807, 2.05) is 0 Å². The van der Waals surface area contributed by atoms with Gasteiger partial charge in [0.2, 0.25) is 0 Å². The first-order chi connectivity index (χ1) is 5.72. The quantitative estimate of drug-likeness (QED) is 0.559. The predicted molar refractivity (Wildman–Crippen MR) is 54.1 cm³/mol. The van der Waals surface area contributed by atoms with E-state index in [2.05, 4.69) is 17.6 Å². The lowest BCUT2D eigenvalue weighted by Crippen LogP contribution is -2.51. The lowest BCUT2D eigenvalue weighted by atomic mass is 9.90. The number of hydrogen-bond donors (Lipinski definition) is 2. The summed E-state index contributed by atoms with van der Waals surface area (Å²) < 4.78 is 0. The molecule has 1 aliphatic carbocycles. The molecule has 1 spiro atoms. The fourth-order valence-electron chi connectivity index (χ4n) is 2.28. The van der Waals surface area contributed by atoms with Crippen LogP contribution < -0.4 is 10.6 Å². The second kappa shape index (κ2) is 2.96. The van der Waals surface area contributed by atoms with E-state index < -0.39 is 0 Å². The van der Waals surface area contributed by atoms with Crippen molar-refractivity contribution in [1.29, 1.82) is 0 Å². The molecule has 2 aliphatic rings. The van der Waals surface area contributed by atoms with Crippen LogP contribution in [0.3, 0.4) is 0 Å². The second-order valence-corrected chi connectivity index (χ2v) is 4.44. The van der Waals surface area contributed by atoms with Crippen molar-refractivity contribution >= 4 is 17.2 Å². The molecule has 0 aromatic carbocycles. The topological polar surface area (TPSA) is 24.1 Å². The molecule has 68 valence electrons. The van der Waals surface area contributed by atoms with E-state index in [9.17, 15) is 0 Å². The molecule has 3 heteroatoms. The summed E-state index contributed by atoms with van der Waals surface area (Å²) in [7, 11) is 0. The van der Waals surface area contributed by atoms with Gasteiger partial charge in [-0.3, -0.25) is 5.32 Å². The summed E-state index contributed by atoms with van der Waals surface area (Å²) in [6, 6.07) is 0.373. The minimum atomic E-state index is 0.175. The zero-order chi connectivity index (χ0) is 8.60. The van der Waals surface area contributed by atoms with E-state index in [4.69, 9.17) is 12.2 Å². The van der Waals surface area contributed by atoms with Gasteiger partial charge in [0.1, 0.15) is 0 Å². The number of nitrogens with one attached hydrogen (secondary N) is 2. The van der Waals surface area contributed by atoms with E-state index in [1.54, 1.807) is 0 Å². The van der Waals surface area contributed by atoms with Gasteiger partial charge in [0.25, 0.3) is 0 Å². The summed E-state index contributed by atoms with van der Waals surface area (Å²) in [5.74, 6) is 0. The van der Waals surface area contributed by atoms with Crippen LogP contribution in [0.4, 0.5) is 0 Å². The molecule has 2 rings (SSSR count). The van der Waals surface area contributed by atoms with Gasteiger partial charge in [-0.15, -0.1) is 0 Å². The summed E-state index contributed by atoms with van der Waals surface area (Å²) in [5, 5.41) is 7.01. The first-order valence-corrected chi connectivity index (χ1v) is 5.22. The minimum Gasteiger partial charge on any atom is -0.360 e. The SMILES string of the molecule is CC1NC2(CCCCC2)NC1=S. The molecule has 12 heavy (non-hydrogen) atoms. The van der Waals surface area contributed by atoms with E-state index in [0.29, 0.717) is 6.04 Å². The molecule has 2 fully saturated rings. The van der Waals surface area contributed by atoms with Crippen molar-refractivity contribution in [1.82, 2.24) is 10.6 Å². The van der Waals surface area contributed by atoms with Gasteiger partial charge in [-0.1, -0.05) is 18.6 Å². The van der Waals surface area contributed by atoms with Gasteiger partial charge in [0, 0.05) is 0 Å². The zero-order valence-electron chi connectivity index (χ0n) is 7.52. The standard InChI is InChI=1S/C9H16N2S/c1-7-8(12)11-9(10-7)5-3-2-4-6-9/h7,10H,2-6H2,1H3,(H,11,12). The molecule has 0 aromatic heterocycles. The molecular weight excluding hydrogens is 168 g/mol. The van der Waals surface area contributed by atoms with Crippen LogP contribution >= 0.6 is 12.2 Å². The summed E-state index contributed by atoms with van der Waals surface area (Å²) in [6.45, 7) is 2.14. The van der Waals surface area contributed by atoms with Crippen molar-refractivity contribution in [2.45, 2.75) is 50.7 Å². The maximum Gasteiger partial charge on any atom is 0.0937 e. The second-order valence-electron chi connectivity index (χ2n) is 4.00. The maximum atomic E-state index is 5.22. The summed E-state index contributed by atoms with van der Waals surface area (Å²) in [4.78, 5) is 0.997. The third-order valence-electron chi connectivity index (χ3n) is 2.96. The lowest BCUT2D eigenvalue weighted by molar-refractivity contribution is 0.233. The number of rotatable bonds is 0. The van der Waals surface area contributed by atoms with E-state index in [0.717, 1.165) is 4.99 Å². The Morgan fingerprint density at radius 1 is 1.33 bits per heavy atom. The molecule has 1 heterocycles. The van der Waals surface area contributed by atoms with E-state index in [1.165, 1.54) is 32.1 Å². The van der Waals surface area contributed by atoms with Crippen LogP contribution in [0, 0.1) is 0 Å². The highest BCUT2D eigenvalue weighted by Crippen LogP contribution is 2.29. The van der Waals surface area contributed by atoms with Gasteiger partial charge in [-0.25, -0.2) is 0 Å². The van der Waals surface area contributed by atoms with Crippen LogP contribution in [0.15, 0.2) is 0 Å². The number of thiocarbonyl (C=S) groups is 1. The Kier molecular flexibility index (Phi) is 2.09. The predicted octanol–water partition coefficient (Wildman–Crippen LogP) is 1.56. The third-order valence-corrected chi connectivity index (χ3v) is 3.41. The van der Waals surface area contributed by atoms with Crippen molar-refractivity contribution < 1.29 is 0 Å². The van der Waals surface area contributed by atoms with Crippen molar-refractivity contribution in [3.05, 3.63) is 0 Å². The Bertz CT molecular complexity index is 197. The molecule has 2 N–H and O–H groups in total. The average Bonchev–Trinajstić information content (AvgIpc) is 2.29. The first-order valence-electron chi connectivity index (χ1n) is 4.82. The molecule has 2 nitrogen and oxygen atoms in total. The smallest absolute Gasteiger partial charge is 0.0937 e.